The molecular formula is C30H40ClN5O4. The number of carbonyl (C=O) groups is 2. The summed E-state index contributed by atoms with van der Waals surface area (Å²) in [5, 5.41) is 12.7. The molecule has 0 aromatic heterocycles. The van der Waals surface area contributed by atoms with Gasteiger partial charge in [-0.05, 0) is 56.4 Å². The largest absolute Gasteiger partial charge is 0.493 e. The highest BCUT2D eigenvalue weighted by Crippen LogP contribution is 2.33. The first-order valence-electron chi connectivity index (χ1n) is 14.2. The van der Waals surface area contributed by atoms with E-state index in [1.54, 1.807) is 29.2 Å². The van der Waals surface area contributed by atoms with E-state index in [1.807, 2.05) is 23.1 Å². The minimum atomic E-state index is -0.247. The van der Waals surface area contributed by atoms with E-state index in [0.29, 0.717) is 42.6 Å². The van der Waals surface area contributed by atoms with Crippen molar-refractivity contribution in [3.8, 4) is 5.75 Å². The number of carbonyl (C=O) groups excluding carboxylic acids is 2. The SMILES string of the molecule is NC1=Nc2cccc(OCCCCCC(=O)N(CCO)C3CCCCC3)c2CN1CC(=O)Nc1ccccc1Cl. The number of aliphatic hydroxyl groups is 1. The molecule has 1 heterocycles. The van der Waals surface area contributed by atoms with Crippen LogP contribution in [0.5, 0.6) is 5.75 Å². The smallest absolute Gasteiger partial charge is 0.244 e. The maximum atomic E-state index is 12.8. The quantitative estimate of drug-likeness (QED) is 0.297. The molecule has 0 bridgehead atoms. The van der Waals surface area contributed by atoms with Crippen LogP contribution >= 0.6 is 11.6 Å². The van der Waals surface area contributed by atoms with Crippen LogP contribution in [0.1, 0.15) is 63.4 Å². The summed E-state index contributed by atoms with van der Waals surface area (Å²) in [6, 6.07) is 13.0. The molecule has 1 aliphatic heterocycles. The zero-order valence-corrected chi connectivity index (χ0v) is 23.7. The van der Waals surface area contributed by atoms with Gasteiger partial charge in [-0.25, -0.2) is 4.99 Å². The zero-order valence-electron chi connectivity index (χ0n) is 23.0. The molecule has 10 heteroatoms. The number of hydrogen-bond acceptors (Lipinski definition) is 7. The number of amides is 2. The molecule has 2 amide bonds. The monoisotopic (exact) mass is 569 g/mol. The second kappa shape index (κ2) is 14.9. The van der Waals surface area contributed by atoms with Crippen molar-refractivity contribution in [3.05, 3.63) is 53.1 Å². The molecular weight excluding hydrogens is 530 g/mol. The molecule has 2 aliphatic rings. The van der Waals surface area contributed by atoms with Crippen molar-refractivity contribution in [1.29, 1.82) is 0 Å². The number of guanidine groups is 1. The van der Waals surface area contributed by atoms with Crippen LogP contribution in [0.15, 0.2) is 47.5 Å². The summed E-state index contributed by atoms with van der Waals surface area (Å²) < 4.78 is 6.11. The number of ether oxygens (including phenoxy) is 1. The lowest BCUT2D eigenvalue weighted by atomic mass is 9.94. The van der Waals surface area contributed by atoms with Crippen LogP contribution in [0.3, 0.4) is 0 Å². The number of para-hydroxylation sites is 1. The molecule has 4 rings (SSSR count). The van der Waals surface area contributed by atoms with Gasteiger partial charge >= 0.3 is 0 Å². The Hall–Kier alpha value is -3.30. The Kier molecular flexibility index (Phi) is 11.1. The van der Waals surface area contributed by atoms with E-state index in [4.69, 9.17) is 22.1 Å². The number of nitrogens with zero attached hydrogens (tertiary/aromatic N) is 3. The van der Waals surface area contributed by atoms with Gasteiger partial charge in [0.15, 0.2) is 5.96 Å². The Labute approximate surface area is 241 Å². The van der Waals surface area contributed by atoms with E-state index in [1.165, 1.54) is 6.42 Å². The maximum absolute atomic E-state index is 12.8. The number of anilines is 1. The number of rotatable bonds is 13. The van der Waals surface area contributed by atoms with Gasteiger partial charge in [0.25, 0.3) is 0 Å². The second-order valence-corrected chi connectivity index (χ2v) is 10.8. The van der Waals surface area contributed by atoms with Crippen LogP contribution in [-0.2, 0) is 16.1 Å². The van der Waals surface area contributed by atoms with Gasteiger partial charge in [0.1, 0.15) is 12.3 Å². The van der Waals surface area contributed by atoms with Crippen LogP contribution < -0.4 is 15.8 Å². The van der Waals surface area contributed by atoms with Gasteiger partial charge in [-0.3, -0.25) is 9.59 Å². The highest BCUT2D eigenvalue weighted by Gasteiger charge is 2.25. The number of hydrogen-bond donors (Lipinski definition) is 3. The maximum Gasteiger partial charge on any atom is 0.244 e. The summed E-state index contributed by atoms with van der Waals surface area (Å²) in [5.41, 5.74) is 8.32. The third-order valence-corrected chi connectivity index (χ3v) is 7.80. The third kappa shape index (κ3) is 8.11. The summed E-state index contributed by atoms with van der Waals surface area (Å²) in [4.78, 5) is 33.6. The average molecular weight is 570 g/mol. The fraction of sp³-hybridized carbons (Fsp3) is 0.500. The normalized spacial score (nSPS) is 15.2. The highest BCUT2D eigenvalue weighted by molar-refractivity contribution is 6.33. The molecule has 0 unspecified atom stereocenters. The minimum Gasteiger partial charge on any atom is -0.493 e. The van der Waals surface area contributed by atoms with Gasteiger partial charge in [0.2, 0.25) is 11.8 Å². The van der Waals surface area contributed by atoms with Crippen LogP contribution in [0.2, 0.25) is 5.02 Å². The van der Waals surface area contributed by atoms with E-state index in [-0.39, 0.29) is 37.0 Å². The highest BCUT2D eigenvalue weighted by atomic mass is 35.5. The fourth-order valence-electron chi connectivity index (χ4n) is 5.37. The fourth-order valence-corrected chi connectivity index (χ4v) is 5.56. The Balaban J connectivity index is 1.24. The molecule has 2 aromatic rings. The van der Waals surface area contributed by atoms with E-state index in [9.17, 15) is 14.7 Å². The summed E-state index contributed by atoms with van der Waals surface area (Å²) in [7, 11) is 0. The first kappa shape index (κ1) is 29.7. The number of nitrogens with two attached hydrogens (primary N) is 1. The van der Waals surface area contributed by atoms with Crippen molar-refractivity contribution >= 4 is 40.7 Å². The lowest BCUT2D eigenvalue weighted by Crippen LogP contribution is -2.43. The molecule has 0 radical (unpaired) electrons. The molecule has 216 valence electrons. The van der Waals surface area contributed by atoms with E-state index < -0.39 is 0 Å². The molecule has 0 atom stereocenters. The Bertz CT molecular complexity index is 1180. The lowest BCUT2D eigenvalue weighted by molar-refractivity contribution is -0.135. The van der Waals surface area contributed by atoms with Crippen molar-refractivity contribution in [3.63, 3.8) is 0 Å². The summed E-state index contributed by atoms with van der Waals surface area (Å²) in [5.74, 6) is 0.886. The number of aliphatic imine (C=N–C) groups is 1. The standard InChI is InChI=1S/C30H40ClN5O4/c31-24-12-6-7-13-26(24)33-28(38)21-35-20-23-25(34-30(35)32)14-9-15-27(23)40-19-8-2-5-16-29(39)36(17-18-37)22-10-3-1-4-11-22/h6-7,9,12-15,22,37H,1-5,8,10-11,16-21H2,(H2,32,34)(H,33,38). The Morgan fingerprint density at radius 3 is 2.67 bits per heavy atom. The molecule has 1 fully saturated rings. The van der Waals surface area contributed by atoms with Gasteiger partial charge in [0, 0.05) is 24.6 Å². The van der Waals surface area contributed by atoms with Crippen molar-refractivity contribution in [2.75, 3.05) is 31.6 Å². The summed E-state index contributed by atoms with van der Waals surface area (Å²) in [6.45, 7) is 1.37. The van der Waals surface area contributed by atoms with Gasteiger partial charge in [0.05, 0.1) is 36.2 Å². The number of nitrogens with one attached hydrogen (secondary N) is 1. The van der Waals surface area contributed by atoms with Gasteiger partial charge in [-0.2, -0.15) is 0 Å². The predicted octanol–water partition coefficient (Wildman–Crippen LogP) is 4.83. The van der Waals surface area contributed by atoms with E-state index in [2.05, 4.69) is 10.3 Å². The molecule has 1 saturated carbocycles. The molecule has 2 aromatic carbocycles. The van der Waals surface area contributed by atoms with E-state index >= 15 is 0 Å². The molecule has 40 heavy (non-hydrogen) atoms. The van der Waals surface area contributed by atoms with Gasteiger partial charge in [-0.15, -0.1) is 0 Å². The molecule has 4 N–H and O–H groups in total. The molecule has 9 nitrogen and oxygen atoms in total. The van der Waals surface area contributed by atoms with Crippen molar-refractivity contribution in [2.24, 2.45) is 10.7 Å². The van der Waals surface area contributed by atoms with Crippen molar-refractivity contribution in [2.45, 2.75) is 70.4 Å². The van der Waals surface area contributed by atoms with Crippen LogP contribution in [0.25, 0.3) is 0 Å². The number of halogens is 1. The lowest BCUT2D eigenvalue weighted by Gasteiger charge is -2.34. The zero-order chi connectivity index (χ0) is 28.3. The van der Waals surface area contributed by atoms with Crippen molar-refractivity contribution < 1.29 is 19.4 Å². The Morgan fingerprint density at radius 1 is 1.10 bits per heavy atom. The number of benzene rings is 2. The predicted molar refractivity (Wildman–Crippen MR) is 158 cm³/mol. The van der Waals surface area contributed by atoms with Crippen LogP contribution in [0, 0.1) is 0 Å². The molecule has 1 aliphatic carbocycles. The first-order valence-corrected chi connectivity index (χ1v) is 14.6. The number of aliphatic hydroxyl groups excluding tert-OH is 1. The number of unbranched alkanes of at least 4 members (excludes halogenated alkanes) is 2. The third-order valence-electron chi connectivity index (χ3n) is 7.47. The van der Waals surface area contributed by atoms with Gasteiger partial charge < -0.3 is 30.7 Å². The summed E-state index contributed by atoms with van der Waals surface area (Å²) in [6.07, 6.45) is 8.61. The van der Waals surface area contributed by atoms with E-state index in [0.717, 1.165) is 56.2 Å². The first-order chi connectivity index (χ1) is 19.5. The van der Waals surface area contributed by atoms with Crippen molar-refractivity contribution in [1.82, 2.24) is 9.80 Å². The second-order valence-electron chi connectivity index (χ2n) is 10.4. The molecule has 0 spiro atoms. The average Bonchev–Trinajstić information content (AvgIpc) is 2.95. The number of fused-ring (bicyclic) bond motifs is 1. The topological polar surface area (TPSA) is 120 Å². The summed E-state index contributed by atoms with van der Waals surface area (Å²) >= 11 is 6.16. The minimum absolute atomic E-state index is 0.0106. The van der Waals surface area contributed by atoms with Crippen LogP contribution in [0.4, 0.5) is 11.4 Å². The Morgan fingerprint density at radius 2 is 1.90 bits per heavy atom. The van der Waals surface area contributed by atoms with Crippen LogP contribution in [-0.4, -0.2) is 65.0 Å². The molecule has 0 saturated heterocycles. The van der Waals surface area contributed by atoms with Gasteiger partial charge in [-0.1, -0.05) is 49.1 Å².